The van der Waals surface area contributed by atoms with Crippen molar-refractivity contribution in [1.82, 2.24) is 10.2 Å². The summed E-state index contributed by atoms with van der Waals surface area (Å²) in [5, 5.41) is 22.4. The minimum Gasteiger partial charge on any atom is -0.504 e. The lowest BCUT2D eigenvalue weighted by Crippen LogP contribution is -2.43. The van der Waals surface area contributed by atoms with E-state index in [-0.39, 0.29) is 29.0 Å². The Morgan fingerprint density at radius 1 is 1.33 bits per heavy atom. The van der Waals surface area contributed by atoms with Crippen molar-refractivity contribution in [3.8, 4) is 11.5 Å². The molecule has 0 unspecified atom stereocenters. The van der Waals surface area contributed by atoms with E-state index in [2.05, 4.69) is 5.32 Å². The molecule has 1 aromatic carbocycles. The molecule has 1 aliphatic rings. The van der Waals surface area contributed by atoms with Crippen molar-refractivity contribution in [2.45, 2.75) is 18.9 Å². The van der Waals surface area contributed by atoms with Crippen LogP contribution in [0.5, 0.6) is 11.5 Å². The quantitative estimate of drug-likeness (QED) is 0.682. The molecule has 1 aliphatic heterocycles. The summed E-state index contributed by atoms with van der Waals surface area (Å²) in [6.07, 6.45) is 1.81. The molecule has 1 amide bonds. The Kier molecular flexibility index (Phi) is 3.72. The van der Waals surface area contributed by atoms with Crippen LogP contribution >= 0.6 is 0 Å². The minimum absolute atomic E-state index is 0.149. The third-order valence-corrected chi connectivity index (χ3v) is 3.42. The highest BCUT2D eigenvalue weighted by molar-refractivity contribution is 5.97. The van der Waals surface area contributed by atoms with Crippen molar-refractivity contribution in [3.63, 3.8) is 0 Å². The fourth-order valence-corrected chi connectivity index (χ4v) is 2.25. The predicted molar refractivity (Wildman–Crippen MR) is 67.8 cm³/mol. The number of carbonyl (C=O) groups is 1. The van der Waals surface area contributed by atoms with Crippen LogP contribution in [0.2, 0.25) is 0 Å². The molecule has 1 saturated heterocycles. The van der Waals surface area contributed by atoms with Gasteiger partial charge in [-0.3, -0.25) is 4.79 Å². The van der Waals surface area contributed by atoms with Crippen LogP contribution in [-0.2, 0) is 0 Å². The van der Waals surface area contributed by atoms with Crippen molar-refractivity contribution in [1.29, 1.82) is 0 Å². The predicted octanol–water partition coefficient (Wildman–Crippen LogP) is 0.922. The number of para-hydroxylation sites is 1. The van der Waals surface area contributed by atoms with Gasteiger partial charge in [-0.25, -0.2) is 0 Å². The zero-order valence-corrected chi connectivity index (χ0v) is 10.4. The minimum atomic E-state index is -0.344. The molecule has 98 valence electrons. The van der Waals surface area contributed by atoms with E-state index in [1.54, 1.807) is 18.0 Å². The monoisotopic (exact) mass is 250 g/mol. The summed E-state index contributed by atoms with van der Waals surface area (Å²) in [5.74, 6) is -0.863. The molecule has 18 heavy (non-hydrogen) atoms. The maximum atomic E-state index is 12.3. The normalized spacial score (nSPS) is 16.5. The number of aromatic hydroxyl groups is 2. The molecule has 0 saturated carbocycles. The Morgan fingerprint density at radius 3 is 2.67 bits per heavy atom. The molecule has 5 nitrogen and oxygen atoms in total. The summed E-state index contributed by atoms with van der Waals surface area (Å²) in [7, 11) is 1.74. The van der Waals surface area contributed by atoms with Gasteiger partial charge in [0.15, 0.2) is 11.5 Å². The molecule has 2 rings (SSSR count). The van der Waals surface area contributed by atoms with Crippen LogP contribution < -0.4 is 5.32 Å². The number of benzene rings is 1. The topological polar surface area (TPSA) is 72.8 Å². The fourth-order valence-electron chi connectivity index (χ4n) is 2.25. The van der Waals surface area contributed by atoms with Gasteiger partial charge in [0.1, 0.15) is 0 Å². The first-order valence-corrected chi connectivity index (χ1v) is 6.10. The van der Waals surface area contributed by atoms with E-state index in [1.165, 1.54) is 12.1 Å². The van der Waals surface area contributed by atoms with E-state index in [0.29, 0.717) is 0 Å². The fraction of sp³-hybridized carbons (Fsp3) is 0.462. The SMILES string of the molecule is CN(C(=O)c1cccc(O)c1O)C1CCNCC1. The second-order valence-electron chi connectivity index (χ2n) is 4.57. The third kappa shape index (κ3) is 2.41. The van der Waals surface area contributed by atoms with Crippen LogP contribution in [-0.4, -0.2) is 47.2 Å². The number of phenols is 2. The van der Waals surface area contributed by atoms with E-state index in [9.17, 15) is 15.0 Å². The van der Waals surface area contributed by atoms with Crippen molar-refractivity contribution in [2.75, 3.05) is 20.1 Å². The highest BCUT2D eigenvalue weighted by atomic mass is 16.3. The molecule has 5 heteroatoms. The largest absolute Gasteiger partial charge is 0.504 e. The van der Waals surface area contributed by atoms with Crippen LogP contribution in [0.25, 0.3) is 0 Å². The lowest BCUT2D eigenvalue weighted by Gasteiger charge is -2.31. The van der Waals surface area contributed by atoms with Crippen LogP contribution in [0.3, 0.4) is 0 Å². The van der Waals surface area contributed by atoms with Gasteiger partial charge in [-0.1, -0.05) is 6.07 Å². The number of hydrogen-bond donors (Lipinski definition) is 3. The first-order valence-electron chi connectivity index (χ1n) is 6.10. The van der Waals surface area contributed by atoms with Crippen molar-refractivity contribution in [2.24, 2.45) is 0 Å². The molecular formula is C13H18N2O3. The summed E-state index contributed by atoms with van der Waals surface area (Å²) < 4.78 is 0. The summed E-state index contributed by atoms with van der Waals surface area (Å²) in [5.41, 5.74) is 0.149. The molecule has 1 fully saturated rings. The number of hydrogen-bond acceptors (Lipinski definition) is 4. The molecular weight excluding hydrogens is 232 g/mol. The molecule has 3 N–H and O–H groups in total. The Labute approximate surface area is 106 Å². The summed E-state index contributed by atoms with van der Waals surface area (Å²) in [4.78, 5) is 13.9. The van der Waals surface area contributed by atoms with Crippen LogP contribution in [0.4, 0.5) is 0 Å². The Balaban J connectivity index is 2.17. The highest BCUT2D eigenvalue weighted by Gasteiger charge is 2.25. The van der Waals surface area contributed by atoms with Gasteiger partial charge >= 0.3 is 0 Å². The molecule has 0 atom stereocenters. The molecule has 0 aromatic heterocycles. The van der Waals surface area contributed by atoms with Crippen molar-refractivity contribution in [3.05, 3.63) is 23.8 Å². The molecule has 1 aromatic rings. The summed E-state index contributed by atoms with van der Waals surface area (Å²) in [6, 6.07) is 4.62. The van der Waals surface area contributed by atoms with Gasteiger partial charge in [0, 0.05) is 13.1 Å². The maximum Gasteiger partial charge on any atom is 0.257 e. The lowest BCUT2D eigenvalue weighted by atomic mass is 10.0. The van der Waals surface area contributed by atoms with Gasteiger partial charge in [0.05, 0.1) is 5.56 Å². The zero-order valence-electron chi connectivity index (χ0n) is 10.4. The Hall–Kier alpha value is -1.75. The van der Waals surface area contributed by atoms with Gasteiger partial charge in [-0.05, 0) is 38.1 Å². The Bertz CT molecular complexity index is 442. The molecule has 1 heterocycles. The smallest absolute Gasteiger partial charge is 0.257 e. The average Bonchev–Trinajstić information content (AvgIpc) is 2.41. The van der Waals surface area contributed by atoms with E-state index >= 15 is 0 Å². The molecule has 0 aliphatic carbocycles. The van der Waals surface area contributed by atoms with Gasteiger partial charge < -0.3 is 20.4 Å². The summed E-state index contributed by atoms with van der Waals surface area (Å²) in [6.45, 7) is 1.79. The van der Waals surface area contributed by atoms with Crippen LogP contribution in [0.1, 0.15) is 23.2 Å². The van der Waals surface area contributed by atoms with E-state index in [1.807, 2.05) is 0 Å². The van der Waals surface area contributed by atoms with Crippen molar-refractivity contribution < 1.29 is 15.0 Å². The lowest BCUT2D eigenvalue weighted by molar-refractivity contribution is 0.0699. The van der Waals surface area contributed by atoms with Gasteiger partial charge in [0.2, 0.25) is 0 Å². The average molecular weight is 250 g/mol. The third-order valence-electron chi connectivity index (χ3n) is 3.42. The summed E-state index contributed by atoms with van der Waals surface area (Å²) >= 11 is 0. The maximum absolute atomic E-state index is 12.3. The van der Waals surface area contributed by atoms with Crippen LogP contribution in [0.15, 0.2) is 18.2 Å². The molecule has 0 radical (unpaired) electrons. The van der Waals surface area contributed by atoms with E-state index < -0.39 is 0 Å². The number of phenolic OH excluding ortho intramolecular Hbond substituents is 2. The number of nitrogens with zero attached hydrogens (tertiary/aromatic N) is 1. The Morgan fingerprint density at radius 2 is 2.00 bits per heavy atom. The molecule has 0 spiro atoms. The highest BCUT2D eigenvalue weighted by Crippen LogP contribution is 2.29. The zero-order chi connectivity index (χ0) is 13.1. The number of piperidine rings is 1. The number of nitrogens with one attached hydrogen (secondary N) is 1. The number of amides is 1. The van der Waals surface area contributed by atoms with Gasteiger partial charge in [-0.2, -0.15) is 0 Å². The first kappa shape index (κ1) is 12.7. The second kappa shape index (κ2) is 5.27. The van der Waals surface area contributed by atoms with E-state index in [4.69, 9.17) is 0 Å². The molecule has 0 bridgehead atoms. The number of rotatable bonds is 2. The second-order valence-corrected chi connectivity index (χ2v) is 4.57. The first-order chi connectivity index (χ1) is 8.61. The van der Waals surface area contributed by atoms with Gasteiger partial charge in [-0.15, -0.1) is 0 Å². The standard InChI is InChI=1S/C13H18N2O3/c1-15(9-5-7-14-8-6-9)13(18)10-3-2-4-11(16)12(10)17/h2-4,9,14,16-17H,5-8H2,1H3. The van der Waals surface area contributed by atoms with Crippen LogP contribution in [0, 0.1) is 0 Å². The van der Waals surface area contributed by atoms with E-state index in [0.717, 1.165) is 25.9 Å². The number of carbonyl (C=O) groups excluding carboxylic acids is 1. The van der Waals surface area contributed by atoms with Crippen molar-refractivity contribution >= 4 is 5.91 Å². The van der Waals surface area contributed by atoms with Gasteiger partial charge in [0.25, 0.3) is 5.91 Å².